The molecule has 0 fully saturated rings. The zero-order valence-electron chi connectivity index (χ0n) is 14.2. The number of carbonyl (C=O) groups excluding carboxylic acids is 2. The number of amides is 1. The Morgan fingerprint density at radius 1 is 0.880 bits per heavy atom. The fourth-order valence-electron chi connectivity index (χ4n) is 2.38. The Bertz CT molecular complexity index is 966. The summed E-state index contributed by atoms with van der Waals surface area (Å²) in [5.74, 6) is -0.676. The lowest BCUT2D eigenvalue weighted by Gasteiger charge is -2.08. The van der Waals surface area contributed by atoms with Crippen molar-refractivity contribution >= 4 is 28.6 Å². The summed E-state index contributed by atoms with van der Waals surface area (Å²) in [5, 5.41) is 2.79. The number of methoxy groups -OCH3 is 1. The fraction of sp³-hybridized carbons (Fsp3) is 0.158. The molecule has 6 nitrogen and oxygen atoms in total. The Morgan fingerprint density at radius 3 is 2.12 bits per heavy atom. The van der Waals surface area contributed by atoms with Crippen molar-refractivity contribution in [3.63, 3.8) is 0 Å². The van der Waals surface area contributed by atoms with Crippen LogP contribution in [0.15, 0.2) is 42.5 Å². The molecular formula is C19H17N3O3. The number of aromatic nitrogens is 2. The Labute approximate surface area is 144 Å². The Morgan fingerprint density at radius 2 is 1.48 bits per heavy atom. The van der Waals surface area contributed by atoms with E-state index in [0.717, 1.165) is 16.9 Å². The average molecular weight is 335 g/mol. The SMILES string of the molecule is COC(=O)c1ccc(NC(=O)c2ccc3nc(C)c(C)nc3c2)cc1. The van der Waals surface area contributed by atoms with Crippen LogP contribution in [0, 0.1) is 13.8 Å². The molecule has 1 amide bonds. The highest BCUT2D eigenvalue weighted by atomic mass is 16.5. The zero-order chi connectivity index (χ0) is 18.0. The highest BCUT2D eigenvalue weighted by Gasteiger charge is 2.10. The number of esters is 1. The van der Waals surface area contributed by atoms with Crippen LogP contribution in [-0.2, 0) is 4.74 Å². The predicted molar refractivity (Wildman–Crippen MR) is 94.7 cm³/mol. The molecule has 1 heterocycles. The van der Waals surface area contributed by atoms with E-state index in [2.05, 4.69) is 20.0 Å². The van der Waals surface area contributed by atoms with E-state index < -0.39 is 5.97 Å². The molecule has 2 aromatic carbocycles. The molecule has 3 rings (SSSR count). The monoisotopic (exact) mass is 335 g/mol. The molecule has 0 saturated carbocycles. The number of fused-ring (bicyclic) bond motifs is 1. The molecule has 1 aromatic heterocycles. The maximum atomic E-state index is 12.4. The first kappa shape index (κ1) is 16.6. The van der Waals surface area contributed by atoms with Crippen LogP contribution in [0.1, 0.15) is 32.1 Å². The third kappa shape index (κ3) is 3.47. The maximum Gasteiger partial charge on any atom is 0.337 e. The normalized spacial score (nSPS) is 10.5. The Kier molecular flexibility index (Phi) is 4.43. The second-order valence-electron chi connectivity index (χ2n) is 5.62. The number of aryl methyl sites for hydroxylation is 2. The summed E-state index contributed by atoms with van der Waals surface area (Å²) >= 11 is 0. The van der Waals surface area contributed by atoms with Crippen molar-refractivity contribution < 1.29 is 14.3 Å². The molecule has 126 valence electrons. The van der Waals surface area contributed by atoms with Crippen molar-refractivity contribution in [1.29, 1.82) is 0 Å². The summed E-state index contributed by atoms with van der Waals surface area (Å²) < 4.78 is 4.65. The lowest BCUT2D eigenvalue weighted by atomic mass is 10.1. The van der Waals surface area contributed by atoms with Gasteiger partial charge in [0, 0.05) is 11.3 Å². The largest absolute Gasteiger partial charge is 0.465 e. The van der Waals surface area contributed by atoms with Crippen LogP contribution < -0.4 is 5.32 Å². The number of ether oxygens (including phenoxy) is 1. The molecule has 0 saturated heterocycles. The predicted octanol–water partition coefficient (Wildman–Crippen LogP) is 3.29. The highest BCUT2D eigenvalue weighted by Crippen LogP contribution is 2.16. The second-order valence-corrected chi connectivity index (χ2v) is 5.62. The zero-order valence-corrected chi connectivity index (χ0v) is 14.2. The van der Waals surface area contributed by atoms with Crippen LogP contribution in [0.2, 0.25) is 0 Å². The average Bonchev–Trinajstić information content (AvgIpc) is 2.62. The third-order valence-corrected chi connectivity index (χ3v) is 3.90. The summed E-state index contributed by atoms with van der Waals surface area (Å²) in [6.45, 7) is 3.79. The molecule has 25 heavy (non-hydrogen) atoms. The molecule has 0 unspecified atom stereocenters. The van der Waals surface area contributed by atoms with Gasteiger partial charge in [-0.25, -0.2) is 14.8 Å². The van der Waals surface area contributed by atoms with Crippen LogP contribution in [-0.4, -0.2) is 29.0 Å². The Hall–Kier alpha value is -3.28. The van der Waals surface area contributed by atoms with E-state index in [1.54, 1.807) is 42.5 Å². The van der Waals surface area contributed by atoms with Crippen molar-refractivity contribution in [1.82, 2.24) is 9.97 Å². The number of carbonyl (C=O) groups is 2. The number of benzene rings is 2. The van der Waals surface area contributed by atoms with Crippen LogP contribution in [0.25, 0.3) is 11.0 Å². The van der Waals surface area contributed by atoms with Gasteiger partial charge in [-0.1, -0.05) is 0 Å². The van der Waals surface area contributed by atoms with E-state index >= 15 is 0 Å². The summed E-state index contributed by atoms with van der Waals surface area (Å²) in [6.07, 6.45) is 0. The van der Waals surface area contributed by atoms with Crippen LogP contribution in [0.4, 0.5) is 5.69 Å². The summed E-state index contributed by atoms with van der Waals surface area (Å²) in [5.41, 5.74) is 4.64. The summed E-state index contributed by atoms with van der Waals surface area (Å²) in [6, 6.07) is 11.7. The maximum absolute atomic E-state index is 12.4. The van der Waals surface area contributed by atoms with Crippen molar-refractivity contribution in [3.8, 4) is 0 Å². The standard InChI is InChI=1S/C19H17N3O3/c1-11-12(2)21-17-10-14(6-9-16(17)20-11)18(23)22-15-7-4-13(5-8-15)19(24)25-3/h4-10H,1-3H3,(H,22,23). The van der Waals surface area contributed by atoms with Crippen molar-refractivity contribution in [2.24, 2.45) is 0 Å². The second kappa shape index (κ2) is 6.68. The van der Waals surface area contributed by atoms with Crippen molar-refractivity contribution in [2.45, 2.75) is 13.8 Å². The molecule has 0 aliphatic rings. The first-order valence-electron chi connectivity index (χ1n) is 7.72. The number of hydrogen-bond donors (Lipinski definition) is 1. The lowest BCUT2D eigenvalue weighted by Crippen LogP contribution is -2.12. The van der Waals surface area contributed by atoms with Crippen molar-refractivity contribution in [2.75, 3.05) is 12.4 Å². The number of anilines is 1. The van der Waals surface area contributed by atoms with Gasteiger partial charge >= 0.3 is 5.97 Å². The summed E-state index contributed by atoms with van der Waals surface area (Å²) in [4.78, 5) is 32.8. The molecule has 0 radical (unpaired) electrons. The van der Waals surface area contributed by atoms with Gasteiger partial charge in [-0.3, -0.25) is 4.79 Å². The van der Waals surface area contributed by atoms with Gasteiger partial charge in [0.1, 0.15) is 0 Å². The summed E-state index contributed by atoms with van der Waals surface area (Å²) in [7, 11) is 1.32. The molecule has 3 aromatic rings. The molecule has 0 atom stereocenters. The smallest absolute Gasteiger partial charge is 0.337 e. The topological polar surface area (TPSA) is 81.2 Å². The van der Waals surface area contributed by atoms with E-state index in [4.69, 9.17) is 0 Å². The van der Waals surface area contributed by atoms with E-state index in [-0.39, 0.29) is 5.91 Å². The Balaban J connectivity index is 1.82. The minimum atomic E-state index is -0.420. The first-order valence-corrected chi connectivity index (χ1v) is 7.72. The van der Waals surface area contributed by atoms with Gasteiger partial charge < -0.3 is 10.1 Å². The van der Waals surface area contributed by atoms with Crippen LogP contribution in [0.3, 0.4) is 0 Å². The fourth-order valence-corrected chi connectivity index (χ4v) is 2.38. The first-order chi connectivity index (χ1) is 12.0. The lowest BCUT2D eigenvalue weighted by molar-refractivity contribution is 0.0600. The molecule has 0 aliphatic carbocycles. The molecule has 0 bridgehead atoms. The van der Waals surface area contributed by atoms with Gasteiger partial charge in [-0.05, 0) is 56.3 Å². The quantitative estimate of drug-likeness (QED) is 0.743. The van der Waals surface area contributed by atoms with Gasteiger partial charge in [0.05, 0.1) is 35.1 Å². The van der Waals surface area contributed by atoms with Gasteiger partial charge in [-0.2, -0.15) is 0 Å². The van der Waals surface area contributed by atoms with E-state index in [0.29, 0.717) is 22.3 Å². The molecule has 1 N–H and O–H groups in total. The van der Waals surface area contributed by atoms with Crippen LogP contribution in [0.5, 0.6) is 0 Å². The minimum absolute atomic E-state index is 0.257. The molecule has 6 heteroatoms. The third-order valence-electron chi connectivity index (χ3n) is 3.90. The van der Waals surface area contributed by atoms with E-state index in [1.165, 1.54) is 7.11 Å². The molecular weight excluding hydrogens is 318 g/mol. The van der Waals surface area contributed by atoms with Crippen LogP contribution >= 0.6 is 0 Å². The van der Waals surface area contributed by atoms with Crippen molar-refractivity contribution in [3.05, 3.63) is 65.0 Å². The minimum Gasteiger partial charge on any atom is -0.465 e. The number of nitrogens with one attached hydrogen (secondary N) is 1. The van der Waals surface area contributed by atoms with Gasteiger partial charge in [-0.15, -0.1) is 0 Å². The number of rotatable bonds is 3. The van der Waals surface area contributed by atoms with E-state index in [9.17, 15) is 9.59 Å². The number of nitrogens with zero attached hydrogens (tertiary/aromatic N) is 2. The van der Waals surface area contributed by atoms with Gasteiger partial charge in [0.2, 0.25) is 0 Å². The number of hydrogen-bond acceptors (Lipinski definition) is 5. The molecule has 0 spiro atoms. The van der Waals surface area contributed by atoms with Gasteiger partial charge in [0.25, 0.3) is 5.91 Å². The van der Waals surface area contributed by atoms with E-state index in [1.807, 2.05) is 13.8 Å². The highest BCUT2D eigenvalue weighted by molar-refractivity contribution is 6.06. The molecule has 0 aliphatic heterocycles. The van der Waals surface area contributed by atoms with Gasteiger partial charge in [0.15, 0.2) is 0 Å².